The predicted octanol–water partition coefficient (Wildman–Crippen LogP) is 3.02. The third kappa shape index (κ3) is 3.93. The van der Waals surface area contributed by atoms with Gasteiger partial charge in [-0.3, -0.25) is 4.79 Å². The molecule has 2 aliphatic rings. The van der Waals surface area contributed by atoms with Crippen LogP contribution < -0.4 is 9.47 Å². The van der Waals surface area contributed by atoms with E-state index in [4.69, 9.17) is 9.47 Å². The molecule has 1 aromatic heterocycles. The lowest BCUT2D eigenvalue weighted by molar-refractivity contribution is -0.129. The largest absolute Gasteiger partial charge is 0.486 e. The number of rotatable bonds is 4. The molecule has 4 rings (SSSR count). The molecule has 7 heteroatoms. The molecule has 1 fully saturated rings. The highest BCUT2D eigenvalue weighted by molar-refractivity contribution is 7.99. The molecule has 1 amide bonds. The Balaban J connectivity index is 1.38. The maximum absolute atomic E-state index is 12.2. The van der Waals surface area contributed by atoms with E-state index in [9.17, 15) is 4.79 Å². The minimum atomic E-state index is 0.187. The first-order valence-corrected chi connectivity index (χ1v) is 9.92. The Morgan fingerprint density at radius 1 is 1.00 bits per heavy atom. The van der Waals surface area contributed by atoms with Crippen molar-refractivity contribution in [1.82, 2.24) is 15.1 Å². The summed E-state index contributed by atoms with van der Waals surface area (Å²) < 4.78 is 11.1. The van der Waals surface area contributed by atoms with Gasteiger partial charge in [0.15, 0.2) is 11.5 Å². The van der Waals surface area contributed by atoms with Crippen LogP contribution in [0, 0.1) is 0 Å². The van der Waals surface area contributed by atoms with Crippen LogP contribution in [0.1, 0.15) is 19.3 Å². The fraction of sp³-hybridized carbons (Fsp3) is 0.421. The van der Waals surface area contributed by atoms with Crippen LogP contribution >= 0.6 is 11.8 Å². The fourth-order valence-corrected chi connectivity index (χ4v) is 3.84. The van der Waals surface area contributed by atoms with E-state index >= 15 is 0 Å². The average Bonchev–Trinajstić information content (AvgIpc) is 2.72. The maximum atomic E-state index is 12.2. The number of nitrogens with zero attached hydrogens (tertiary/aromatic N) is 3. The van der Waals surface area contributed by atoms with Crippen LogP contribution in [-0.4, -0.2) is 53.1 Å². The van der Waals surface area contributed by atoms with Crippen molar-refractivity contribution in [3.05, 3.63) is 30.3 Å². The molecule has 1 saturated heterocycles. The zero-order valence-electron chi connectivity index (χ0n) is 14.5. The number of likely N-dealkylation sites (tertiary alicyclic amines) is 1. The fourth-order valence-electron chi connectivity index (χ4n) is 3.12. The van der Waals surface area contributed by atoms with Crippen LogP contribution in [0.3, 0.4) is 0 Å². The zero-order valence-corrected chi connectivity index (χ0v) is 15.3. The van der Waals surface area contributed by atoms with E-state index in [0.29, 0.717) is 19.0 Å². The van der Waals surface area contributed by atoms with E-state index in [1.807, 2.05) is 35.2 Å². The Morgan fingerprint density at radius 2 is 1.81 bits per heavy atom. The van der Waals surface area contributed by atoms with Crippen molar-refractivity contribution in [1.29, 1.82) is 0 Å². The van der Waals surface area contributed by atoms with Gasteiger partial charge in [0.1, 0.15) is 18.2 Å². The second kappa shape index (κ2) is 7.95. The van der Waals surface area contributed by atoms with E-state index in [1.165, 1.54) is 18.2 Å². The molecule has 0 N–H and O–H groups in total. The van der Waals surface area contributed by atoms with Gasteiger partial charge in [-0.1, -0.05) is 11.8 Å². The molecule has 0 saturated carbocycles. The number of piperidine rings is 1. The van der Waals surface area contributed by atoms with Gasteiger partial charge in [-0.2, -0.15) is 0 Å². The molecule has 0 spiro atoms. The van der Waals surface area contributed by atoms with Gasteiger partial charge in [0, 0.05) is 18.7 Å². The molecule has 2 aliphatic heterocycles. The molecule has 3 heterocycles. The lowest BCUT2D eigenvalue weighted by atomic mass is 10.1. The van der Waals surface area contributed by atoms with Gasteiger partial charge in [0.05, 0.1) is 11.4 Å². The molecule has 26 heavy (non-hydrogen) atoms. The van der Waals surface area contributed by atoms with Crippen molar-refractivity contribution in [2.45, 2.75) is 24.3 Å². The summed E-state index contributed by atoms with van der Waals surface area (Å²) in [6.45, 7) is 2.90. The predicted molar refractivity (Wildman–Crippen MR) is 99.6 cm³/mol. The molecule has 136 valence electrons. The maximum Gasteiger partial charge on any atom is 0.232 e. The summed E-state index contributed by atoms with van der Waals surface area (Å²) in [7, 11) is 0. The van der Waals surface area contributed by atoms with Crippen molar-refractivity contribution >= 4 is 17.7 Å². The molecule has 1 aromatic carbocycles. The Morgan fingerprint density at radius 3 is 2.58 bits per heavy atom. The van der Waals surface area contributed by atoms with E-state index in [2.05, 4.69) is 10.2 Å². The molecule has 0 bridgehead atoms. The first kappa shape index (κ1) is 17.1. The van der Waals surface area contributed by atoms with E-state index in [-0.39, 0.29) is 5.91 Å². The van der Waals surface area contributed by atoms with Crippen molar-refractivity contribution < 1.29 is 14.3 Å². The van der Waals surface area contributed by atoms with Crippen LogP contribution in [0.5, 0.6) is 11.5 Å². The van der Waals surface area contributed by atoms with Gasteiger partial charge in [-0.15, -0.1) is 10.2 Å². The van der Waals surface area contributed by atoms with E-state index < -0.39 is 0 Å². The van der Waals surface area contributed by atoms with Crippen LogP contribution in [-0.2, 0) is 4.79 Å². The number of hydrogen-bond acceptors (Lipinski definition) is 6. The summed E-state index contributed by atoms with van der Waals surface area (Å²) in [5.74, 6) is 2.10. The van der Waals surface area contributed by atoms with Crippen LogP contribution in [0.2, 0.25) is 0 Å². The molecule has 6 nitrogen and oxygen atoms in total. The number of amides is 1. The lowest BCUT2D eigenvalue weighted by Crippen LogP contribution is -2.36. The topological polar surface area (TPSA) is 64.5 Å². The molecular formula is C19H21N3O3S. The standard InChI is InChI=1S/C19H21N3O3S/c23-19(22-8-2-1-3-9-22)13-26-18-7-5-15(20-21-18)14-4-6-16-17(12-14)25-11-10-24-16/h4-7,12H,1-3,8-11,13H2. The second-order valence-corrected chi connectivity index (χ2v) is 7.34. The Labute approximate surface area is 156 Å². The molecule has 0 atom stereocenters. The van der Waals surface area contributed by atoms with Gasteiger partial charge in [-0.05, 0) is 49.6 Å². The van der Waals surface area contributed by atoms with Crippen molar-refractivity contribution in [3.63, 3.8) is 0 Å². The number of aromatic nitrogens is 2. The number of thioether (sulfide) groups is 1. The first-order chi connectivity index (χ1) is 12.8. The summed E-state index contributed by atoms with van der Waals surface area (Å²) >= 11 is 1.44. The summed E-state index contributed by atoms with van der Waals surface area (Å²) in [4.78, 5) is 14.2. The smallest absolute Gasteiger partial charge is 0.232 e. The van der Waals surface area contributed by atoms with E-state index in [1.54, 1.807) is 0 Å². The minimum absolute atomic E-state index is 0.187. The normalized spacial score (nSPS) is 16.4. The second-order valence-electron chi connectivity index (χ2n) is 6.35. The number of ether oxygens (including phenoxy) is 2. The zero-order chi connectivity index (χ0) is 17.8. The molecule has 0 aliphatic carbocycles. The van der Waals surface area contributed by atoms with Gasteiger partial charge in [0.25, 0.3) is 0 Å². The van der Waals surface area contributed by atoms with Crippen LogP contribution in [0.15, 0.2) is 35.4 Å². The van der Waals surface area contributed by atoms with Crippen molar-refractivity contribution in [2.24, 2.45) is 0 Å². The first-order valence-electron chi connectivity index (χ1n) is 8.94. The third-order valence-corrected chi connectivity index (χ3v) is 5.44. The Kier molecular flexibility index (Phi) is 5.24. The van der Waals surface area contributed by atoms with Gasteiger partial charge in [0.2, 0.25) is 5.91 Å². The van der Waals surface area contributed by atoms with Gasteiger partial charge in [-0.25, -0.2) is 0 Å². The summed E-state index contributed by atoms with van der Waals surface area (Å²) in [5, 5.41) is 9.31. The Bertz CT molecular complexity index is 776. The van der Waals surface area contributed by atoms with Crippen LogP contribution in [0.25, 0.3) is 11.3 Å². The number of benzene rings is 1. The van der Waals surface area contributed by atoms with E-state index in [0.717, 1.165) is 53.7 Å². The van der Waals surface area contributed by atoms with Crippen LogP contribution in [0.4, 0.5) is 0 Å². The van der Waals surface area contributed by atoms with Crippen molar-refractivity contribution in [3.8, 4) is 22.8 Å². The summed E-state index contributed by atoms with van der Waals surface area (Å²) in [6.07, 6.45) is 3.45. The number of carbonyl (C=O) groups excluding carboxylic acids is 1. The highest BCUT2D eigenvalue weighted by Gasteiger charge is 2.17. The molecule has 0 radical (unpaired) electrons. The Hall–Kier alpha value is -2.28. The number of carbonyl (C=O) groups is 1. The highest BCUT2D eigenvalue weighted by atomic mass is 32.2. The molecular weight excluding hydrogens is 350 g/mol. The van der Waals surface area contributed by atoms with Gasteiger partial charge >= 0.3 is 0 Å². The van der Waals surface area contributed by atoms with Gasteiger partial charge < -0.3 is 14.4 Å². The quantitative estimate of drug-likeness (QED) is 0.770. The lowest BCUT2D eigenvalue weighted by Gasteiger charge is -2.26. The molecule has 0 unspecified atom stereocenters. The molecule has 2 aromatic rings. The third-order valence-electron chi connectivity index (χ3n) is 4.53. The summed E-state index contributed by atoms with van der Waals surface area (Å²) in [6, 6.07) is 9.60. The summed E-state index contributed by atoms with van der Waals surface area (Å²) in [5.41, 5.74) is 1.70. The highest BCUT2D eigenvalue weighted by Crippen LogP contribution is 2.34. The number of hydrogen-bond donors (Lipinski definition) is 0. The SMILES string of the molecule is O=C(CSc1ccc(-c2ccc3c(c2)OCCO3)nn1)N1CCCCC1. The van der Waals surface area contributed by atoms with Crippen molar-refractivity contribution in [2.75, 3.05) is 32.1 Å². The number of fused-ring (bicyclic) bond motifs is 1. The average molecular weight is 371 g/mol. The monoisotopic (exact) mass is 371 g/mol. The minimum Gasteiger partial charge on any atom is -0.486 e.